The van der Waals surface area contributed by atoms with E-state index in [1.807, 2.05) is 56.5 Å². The summed E-state index contributed by atoms with van der Waals surface area (Å²) in [5, 5.41) is 8.14. The topological polar surface area (TPSA) is 81.2 Å². The molecule has 9 heteroatoms. The Morgan fingerprint density at radius 1 is 1.28 bits per heavy atom. The number of nitrogens with one attached hydrogen (secondary N) is 2. The number of nitrogens with zero attached hydrogens (tertiary/aromatic N) is 1. The molecule has 0 amide bonds. The van der Waals surface area contributed by atoms with E-state index >= 15 is 0 Å². The first kappa shape index (κ1) is 23.9. The van der Waals surface area contributed by atoms with Crippen LogP contribution >= 0.6 is 24.0 Å². The Kier molecular flexibility index (Phi) is 7.98. The van der Waals surface area contributed by atoms with Gasteiger partial charge in [-0.25, -0.2) is 4.79 Å². The van der Waals surface area contributed by atoms with Crippen molar-refractivity contribution >= 4 is 46.5 Å². The van der Waals surface area contributed by atoms with Crippen LogP contribution < -0.4 is 20.2 Å². The van der Waals surface area contributed by atoms with Crippen LogP contribution in [0.15, 0.2) is 52.5 Å². The Balaban J connectivity index is 1.77. The van der Waals surface area contributed by atoms with Crippen LogP contribution in [-0.2, 0) is 9.53 Å². The summed E-state index contributed by atoms with van der Waals surface area (Å²) in [5.41, 5.74) is 4.99. The monoisotopic (exact) mass is 473 g/mol. The smallest absolute Gasteiger partial charge is 0.344 e. The Labute approximate surface area is 197 Å². The van der Waals surface area contributed by atoms with Crippen molar-refractivity contribution in [1.82, 2.24) is 5.43 Å². The van der Waals surface area contributed by atoms with Gasteiger partial charge in [-0.3, -0.25) is 5.43 Å². The highest BCUT2D eigenvalue weighted by atomic mass is 32.2. The summed E-state index contributed by atoms with van der Waals surface area (Å²) in [7, 11) is 0. The van der Waals surface area contributed by atoms with Crippen molar-refractivity contribution in [2.75, 3.05) is 24.8 Å². The maximum absolute atomic E-state index is 11.6. The van der Waals surface area contributed by atoms with Gasteiger partial charge in [0.1, 0.15) is 17.1 Å². The van der Waals surface area contributed by atoms with Gasteiger partial charge in [0, 0.05) is 16.9 Å². The molecule has 170 valence electrons. The van der Waals surface area contributed by atoms with Crippen LogP contribution in [0.25, 0.3) is 0 Å². The molecule has 3 rings (SSSR count). The number of para-hydroxylation sites is 1. The van der Waals surface area contributed by atoms with E-state index in [4.69, 9.17) is 26.4 Å². The minimum absolute atomic E-state index is 0.160. The molecule has 0 unspecified atom stereocenters. The Morgan fingerprint density at radius 2 is 2.06 bits per heavy atom. The minimum Gasteiger partial charge on any atom is -0.487 e. The highest BCUT2D eigenvalue weighted by Crippen LogP contribution is 2.35. The molecule has 0 aliphatic carbocycles. The average molecular weight is 474 g/mol. The van der Waals surface area contributed by atoms with Crippen LogP contribution in [-0.4, -0.2) is 41.9 Å². The molecule has 0 spiro atoms. The van der Waals surface area contributed by atoms with E-state index in [9.17, 15) is 4.79 Å². The summed E-state index contributed by atoms with van der Waals surface area (Å²) in [6.45, 7) is 5.91. The van der Waals surface area contributed by atoms with Crippen LogP contribution in [0.2, 0.25) is 0 Å². The molecule has 1 heterocycles. The lowest BCUT2D eigenvalue weighted by molar-refractivity contribution is -0.145. The van der Waals surface area contributed by atoms with Gasteiger partial charge in [0.05, 0.1) is 18.0 Å². The number of hydrazone groups is 1. The standard InChI is InChI=1S/C23H27N3O4S2/c1-5-28-21(27)14-29-15-10-11-19-16(12-15)18(13-23(2,3)30-19)25-26-22(31)24-17-8-6-7-9-20(17)32-4/h6-12H,5,13-14H2,1-4H3,(H2,24,26,31)/b25-18+. The largest absolute Gasteiger partial charge is 0.487 e. The number of esters is 1. The third kappa shape index (κ3) is 6.37. The number of carbonyl (C=O) groups excluding carboxylic acids is 1. The van der Waals surface area contributed by atoms with Crippen molar-refractivity contribution in [3.63, 3.8) is 0 Å². The second kappa shape index (κ2) is 10.7. The number of carbonyl (C=O) groups is 1. The zero-order valence-corrected chi connectivity index (χ0v) is 20.2. The van der Waals surface area contributed by atoms with E-state index in [2.05, 4.69) is 15.8 Å². The van der Waals surface area contributed by atoms with Gasteiger partial charge in [-0.1, -0.05) is 12.1 Å². The van der Waals surface area contributed by atoms with E-state index in [1.165, 1.54) is 0 Å². The van der Waals surface area contributed by atoms with Crippen LogP contribution in [0.4, 0.5) is 5.69 Å². The Hall–Kier alpha value is -2.78. The molecule has 1 aliphatic rings. The first-order chi connectivity index (χ1) is 15.3. The van der Waals surface area contributed by atoms with E-state index < -0.39 is 11.6 Å². The quantitative estimate of drug-likeness (QED) is 0.261. The maximum atomic E-state index is 11.6. The maximum Gasteiger partial charge on any atom is 0.344 e. The normalized spacial score (nSPS) is 15.3. The van der Waals surface area contributed by atoms with Crippen molar-refractivity contribution in [1.29, 1.82) is 0 Å². The number of rotatable bonds is 7. The minimum atomic E-state index is -0.429. The van der Waals surface area contributed by atoms with Crippen molar-refractivity contribution < 1.29 is 19.0 Å². The lowest BCUT2D eigenvalue weighted by Crippen LogP contribution is -2.37. The zero-order valence-electron chi connectivity index (χ0n) is 18.6. The molecule has 2 aromatic rings. The van der Waals surface area contributed by atoms with Crippen molar-refractivity contribution in [2.45, 2.75) is 37.7 Å². The molecule has 7 nitrogen and oxygen atoms in total. The van der Waals surface area contributed by atoms with Gasteiger partial charge < -0.3 is 19.5 Å². The number of hydrogen-bond acceptors (Lipinski definition) is 7. The van der Waals surface area contributed by atoms with Crippen molar-refractivity contribution in [3.8, 4) is 11.5 Å². The Morgan fingerprint density at radius 3 is 2.81 bits per heavy atom. The molecule has 0 aromatic heterocycles. The molecule has 2 N–H and O–H groups in total. The predicted octanol–water partition coefficient (Wildman–Crippen LogP) is 4.60. The van der Waals surface area contributed by atoms with Gasteiger partial charge >= 0.3 is 5.97 Å². The first-order valence-corrected chi connectivity index (χ1v) is 11.8. The van der Waals surface area contributed by atoms with E-state index in [0.717, 1.165) is 21.9 Å². The SMILES string of the molecule is CCOC(=O)COc1ccc2c(c1)/C(=N/NC(=S)Nc1ccccc1SC)CC(C)(C)O2. The second-order valence-electron chi connectivity index (χ2n) is 7.61. The number of thiocarbonyl (C=S) groups is 1. The molecule has 0 atom stereocenters. The third-order valence-corrected chi connectivity index (χ3v) is 5.54. The Bertz CT molecular complexity index is 1020. The molecule has 0 fully saturated rings. The van der Waals surface area contributed by atoms with Crippen LogP contribution in [0.1, 0.15) is 32.8 Å². The fourth-order valence-electron chi connectivity index (χ4n) is 3.21. The molecule has 0 bridgehead atoms. The van der Waals surface area contributed by atoms with Crippen LogP contribution in [0.3, 0.4) is 0 Å². The summed E-state index contributed by atoms with van der Waals surface area (Å²) in [4.78, 5) is 12.7. The van der Waals surface area contributed by atoms with E-state index in [1.54, 1.807) is 24.8 Å². The number of fused-ring (bicyclic) bond motifs is 1. The summed E-state index contributed by atoms with van der Waals surface area (Å²) >= 11 is 7.08. The number of hydrogen-bond donors (Lipinski definition) is 2. The van der Waals surface area contributed by atoms with Gasteiger partial charge in [-0.15, -0.1) is 11.8 Å². The summed E-state index contributed by atoms with van der Waals surface area (Å²) in [6.07, 6.45) is 2.58. The van der Waals surface area contributed by atoms with E-state index in [0.29, 0.717) is 29.6 Å². The van der Waals surface area contributed by atoms with Crippen molar-refractivity contribution in [2.24, 2.45) is 5.10 Å². The molecular formula is C23H27N3O4S2. The van der Waals surface area contributed by atoms with Crippen LogP contribution in [0, 0.1) is 0 Å². The second-order valence-corrected chi connectivity index (χ2v) is 8.87. The molecule has 0 saturated carbocycles. The molecule has 0 saturated heterocycles. The van der Waals surface area contributed by atoms with Gasteiger partial charge in [0.2, 0.25) is 0 Å². The first-order valence-electron chi connectivity index (χ1n) is 10.2. The van der Waals surface area contributed by atoms with Gasteiger partial charge in [0.25, 0.3) is 0 Å². The molecule has 2 aromatic carbocycles. The summed E-state index contributed by atoms with van der Waals surface area (Å²) < 4.78 is 16.6. The molecule has 1 aliphatic heterocycles. The zero-order chi connectivity index (χ0) is 23.1. The highest BCUT2D eigenvalue weighted by Gasteiger charge is 2.31. The predicted molar refractivity (Wildman–Crippen MR) is 132 cm³/mol. The average Bonchev–Trinajstić information content (AvgIpc) is 2.76. The van der Waals surface area contributed by atoms with Gasteiger partial charge in [-0.05, 0) is 69.6 Å². The highest BCUT2D eigenvalue weighted by molar-refractivity contribution is 7.98. The number of anilines is 1. The lowest BCUT2D eigenvalue weighted by atomic mass is 9.92. The number of thioether (sulfide) groups is 1. The van der Waals surface area contributed by atoms with E-state index in [-0.39, 0.29) is 6.61 Å². The number of ether oxygens (including phenoxy) is 3. The number of benzene rings is 2. The summed E-state index contributed by atoms with van der Waals surface area (Å²) in [6, 6.07) is 13.3. The molecule has 0 radical (unpaired) electrons. The van der Waals surface area contributed by atoms with Gasteiger partial charge in [-0.2, -0.15) is 5.10 Å². The van der Waals surface area contributed by atoms with Crippen LogP contribution in [0.5, 0.6) is 11.5 Å². The fraction of sp³-hybridized carbons (Fsp3) is 0.348. The summed E-state index contributed by atoms with van der Waals surface area (Å²) in [5.74, 6) is 0.805. The molecule has 32 heavy (non-hydrogen) atoms. The fourth-order valence-corrected chi connectivity index (χ4v) is 3.92. The molecular weight excluding hydrogens is 446 g/mol. The van der Waals surface area contributed by atoms with Gasteiger partial charge in [0.15, 0.2) is 11.7 Å². The lowest BCUT2D eigenvalue weighted by Gasteiger charge is -2.33. The van der Waals surface area contributed by atoms with Crippen molar-refractivity contribution in [3.05, 3.63) is 48.0 Å². The third-order valence-electron chi connectivity index (χ3n) is 4.55.